The molecule has 1 aromatic rings. The van der Waals surface area contributed by atoms with Crippen molar-refractivity contribution in [3.8, 4) is 0 Å². The minimum absolute atomic E-state index is 0.361. The first-order valence-corrected chi connectivity index (χ1v) is 5.15. The van der Waals surface area contributed by atoms with Crippen molar-refractivity contribution in [2.24, 2.45) is 16.5 Å². The highest BCUT2D eigenvalue weighted by atomic mass is 15.2. The van der Waals surface area contributed by atoms with Gasteiger partial charge in [0.25, 0.3) is 0 Å². The van der Waals surface area contributed by atoms with Gasteiger partial charge in [-0.2, -0.15) is 0 Å². The van der Waals surface area contributed by atoms with Crippen LogP contribution in [-0.4, -0.2) is 16.6 Å². The molecule has 0 saturated carbocycles. The van der Waals surface area contributed by atoms with Gasteiger partial charge in [-0.3, -0.25) is 4.98 Å². The third-order valence-corrected chi connectivity index (χ3v) is 2.50. The zero-order chi connectivity index (χ0) is 11.4. The molecular formula is C11H15N5. The van der Waals surface area contributed by atoms with Crippen LogP contribution in [0.2, 0.25) is 0 Å². The van der Waals surface area contributed by atoms with Gasteiger partial charge in [-0.25, -0.2) is 4.99 Å². The number of aromatic nitrogens is 1. The Morgan fingerprint density at radius 3 is 2.75 bits per heavy atom. The number of aryl methyl sites for hydroxylation is 1. The Morgan fingerprint density at radius 1 is 1.31 bits per heavy atom. The van der Waals surface area contributed by atoms with E-state index in [1.165, 1.54) is 5.56 Å². The van der Waals surface area contributed by atoms with Crippen LogP contribution < -0.4 is 16.8 Å². The number of pyridine rings is 1. The SMILES string of the molecule is NC1=NC(N)(CCc2ccncc2)C=CN1. The highest BCUT2D eigenvalue weighted by Crippen LogP contribution is 2.16. The van der Waals surface area contributed by atoms with Gasteiger partial charge in [0.1, 0.15) is 5.66 Å². The van der Waals surface area contributed by atoms with Crippen molar-refractivity contribution < 1.29 is 0 Å². The normalized spacial score (nSPS) is 23.7. The lowest BCUT2D eigenvalue weighted by Crippen LogP contribution is -2.44. The second kappa shape index (κ2) is 4.32. The summed E-state index contributed by atoms with van der Waals surface area (Å²) in [6.07, 6.45) is 8.66. The standard InChI is InChI=1S/C11H15N5/c12-10-15-8-5-11(13,16-10)4-1-9-2-6-14-7-3-9/h2-3,5-8H,1,4,13H2,(H3,12,15,16). The third-order valence-electron chi connectivity index (χ3n) is 2.50. The molecule has 0 amide bonds. The van der Waals surface area contributed by atoms with Gasteiger partial charge in [-0.15, -0.1) is 0 Å². The van der Waals surface area contributed by atoms with Crippen molar-refractivity contribution in [2.75, 3.05) is 0 Å². The number of nitrogens with zero attached hydrogens (tertiary/aromatic N) is 2. The average molecular weight is 217 g/mol. The highest BCUT2D eigenvalue weighted by Gasteiger charge is 2.22. The molecule has 1 atom stereocenters. The van der Waals surface area contributed by atoms with E-state index in [0.29, 0.717) is 5.96 Å². The maximum absolute atomic E-state index is 6.09. The van der Waals surface area contributed by atoms with Crippen molar-refractivity contribution in [3.05, 3.63) is 42.4 Å². The van der Waals surface area contributed by atoms with Crippen LogP contribution >= 0.6 is 0 Å². The van der Waals surface area contributed by atoms with Gasteiger partial charge in [-0.05, 0) is 36.6 Å². The summed E-state index contributed by atoms with van der Waals surface area (Å²) in [5.74, 6) is 0.361. The minimum atomic E-state index is -0.696. The average Bonchev–Trinajstić information content (AvgIpc) is 2.28. The van der Waals surface area contributed by atoms with Crippen LogP contribution in [0.3, 0.4) is 0 Å². The Bertz CT molecular complexity index is 412. The van der Waals surface area contributed by atoms with Crippen LogP contribution in [0.1, 0.15) is 12.0 Å². The molecule has 1 aromatic heterocycles. The molecule has 84 valence electrons. The molecule has 2 heterocycles. The van der Waals surface area contributed by atoms with Gasteiger partial charge < -0.3 is 16.8 Å². The molecule has 0 aromatic carbocycles. The quantitative estimate of drug-likeness (QED) is 0.670. The topological polar surface area (TPSA) is 89.3 Å². The number of rotatable bonds is 3. The molecule has 0 radical (unpaired) electrons. The minimum Gasteiger partial charge on any atom is -0.370 e. The molecule has 0 bridgehead atoms. The molecule has 0 spiro atoms. The molecule has 5 heteroatoms. The summed E-state index contributed by atoms with van der Waals surface area (Å²) in [4.78, 5) is 8.15. The molecule has 2 rings (SSSR count). The smallest absolute Gasteiger partial charge is 0.194 e. The van der Waals surface area contributed by atoms with Crippen molar-refractivity contribution in [1.82, 2.24) is 10.3 Å². The van der Waals surface area contributed by atoms with Crippen molar-refractivity contribution >= 4 is 5.96 Å². The largest absolute Gasteiger partial charge is 0.370 e. The summed E-state index contributed by atoms with van der Waals surface area (Å²) < 4.78 is 0. The second-order valence-electron chi connectivity index (χ2n) is 3.82. The number of nitrogens with one attached hydrogen (secondary N) is 1. The summed E-state index contributed by atoms with van der Waals surface area (Å²) in [6.45, 7) is 0. The first-order valence-electron chi connectivity index (χ1n) is 5.15. The van der Waals surface area contributed by atoms with Gasteiger partial charge in [0.2, 0.25) is 0 Å². The number of aliphatic imine (C=N–C) groups is 1. The third kappa shape index (κ3) is 2.58. The Kier molecular flexibility index (Phi) is 2.87. The van der Waals surface area contributed by atoms with Crippen molar-refractivity contribution in [3.63, 3.8) is 0 Å². The molecule has 0 fully saturated rings. The van der Waals surface area contributed by atoms with E-state index >= 15 is 0 Å². The van der Waals surface area contributed by atoms with E-state index in [-0.39, 0.29) is 0 Å². The molecular weight excluding hydrogens is 202 g/mol. The molecule has 5 N–H and O–H groups in total. The lowest BCUT2D eigenvalue weighted by Gasteiger charge is -2.25. The fourth-order valence-electron chi connectivity index (χ4n) is 1.60. The first kappa shape index (κ1) is 10.6. The Morgan fingerprint density at radius 2 is 2.06 bits per heavy atom. The van der Waals surface area contributed by atoms with E-state index in [2.05, 4.69) is 15.3 Å². The maximum Gasteiger partial charge on any atom is 0.194 e. The Labute approximate surface area is 94.3 Å². The molecule has 0 saturated heterocycles. The van der Waals surface area contributed by atoms with Crippen LogP contribution in [-0.2, 0) is 6.42 Å². The van der Waals surface area contributed by atoms with E-state index in [0.717, 1.165) is 12.8 Å². The summed E-state index contributed by atoms with van der Waals surface area (Å²) in [5.41, 5.74) is 12.2. The zero-order valence-electron chi connectivity index (χ0n) is 8.93. The Hall–Kier alpha value is -1.88. The molecule has 5 nitrogen and oxygen atoms in total. The molecule has 1 aliphatic rings. The second-order valence-corrected chi connectivity index (χ2v) is 3.82. The summed E-state index contributed by atoms with van der Waals surface area (Å²) in [6, 6.07) is 3.95. The van der Waals surface area contributed by atoms with Crippen molar-refractivity contribution in [2.45, 2.75) is 18.5 Å². The van der Waals surface area contributed by atoms with Gasteiger partial charge >= 0.3 is 0 Å². The monoisotopic (exact) mass is 217 g/mol. The van der Waals surface area contributed by atoms with Crippen LogP contribution in [0.25, 0.3) is 0 Å². The van der Waals surface area contributed by atoms with Crippen LogP contribution in [0.5, 0.6) is 0 Å². The van der Waals surface area contributed by atoms with Gasteiger partial charge in [0.15, 0.2) is 5.96 Å². The van der Waals surface area contributed by atoms with E-state index < -0.39 is 5.66 Å². The molecule has 1 unspecified atom stereocenters. The first-order chi connectivity index (χ1) is 7.68. The molecule has 1 aliphatic heterocycles. The number of guanidine groups is 1. The van der Waals surface area contributed by atoms with Crippen molar-refractivity contribution in [1.29, 1.82) is 0 Å². The lowest BCUT2D eigenvalue weighted by molar-refractivity contribution is 0.500. The maximum atomic E-state index is 6.09. The number of nitrogens with two attached hydrogens (primary N) is 2. The van der Waals surface area contributed by atoms with E-state index in [1.807, 2.05) is 18.2 Å². The molecule has 0 aliphatic carbocycles. The molecule has 16 heavy (non-hydrogen) atoms. The predicted octanol–water partition coefficient (Wildman–Crippen LogP) is 0.101. The summed E-state index contributed by atoms with van der Waals surface area (Å²) in [5, 5.41) is 2.79. The van der Waals surface area contributed by atoms with Crippen LogP contribution in [0.15, 0.2) is 41.8 Å². The fourth-order valence-corrected chi connectivity index (χ4v) is 1.60. The Balaban J connectivity index is 2.00. The summed E-state index contributed by atoms with van der Waals surface area (Å²) in [7, 11) is 0. The lowest BCUT2D eigenvalue weighted by atomic mass is 10.0. The predicted molar refractivity (Wildman–Crippen MR) is 63.4 cm³/mol. The van der Waals surface area contributed by atoms with Gasteiger partial charge in [0, 0.05) is 18.6 Å². The zero-order valence-corrected chi connectivity index (χ0v) is 8.93. The highest BCUT2D eigenvalue weighted by molar-refractivity contribution is 5.80. The summed E-state index contributed by atoms with van der Waals surface area (Å²) >= 11 is 0. The van der Waals surface area contributed by atoms with Crippen LogP contribution in [0.4, 0.5) is 0 Å². The van der Waals surface area contributed by atoms with E-state index in [1.54, 1.807) is 18.6 Å². The van der Waals surface area contributed by atoms with Gasteiger partial charge in [-0.1, -0.05) is 0 Å². The van der Waals surface area contributed by atoms with Gasteiger partial charge in [0.05, 0.1) is 0 Å². The van der Waals surface area contributed by atoms with E-state index in [4.69, 9.17) is 11.5 Å². The number of hydrogen-bond acceptors (Lipinski definition) is 5. The fraction of sp³-hybridized carbons (Fsp3) is 0.273. The number of hydrogen-bond donors (Lipinski definition) is 3. The van der Waals surface area contributed by atoms with Crippen LogP contribution in [0, 0.1) is 0 Å². The van der Waals surface area contributed by atoms with E-state index in [9.17, 15) is 0 Å².